The van der Waals surface area contributed by atoms with Gasteiger partial charge in [-0.25, -0.2) is 4.98 Å². The third-order valence-electron chi connectivity index (χ3n) is 5.51. The number of anilines is 1. The molecule has 26 heavy (non-hydrogen) atoms. The molecule has 2 aromatic rings. The first kappa shape index (κ1) is 17.3. The number of aromatic amines is 1. The molecule has 136 valence electrons. The van der Waals surface area contributed by atoms with Crippen molar-refractivity contribution in [3.8, 4) is 0 Å². The molecule has 2 aliphatic rings. The van der Waals surface area contributed by atoms with E-state index >= 15 is 0 Å². The predicted molar refractivity (Wildman–Crippen MR) is 104 cm³/mol. The number of ketones is 1. The molecule has 1 aliphatic carbocycles. The van der Waals surface area contributed by atoms with Crippen LogP contribution < -0.4 is 10.9 Å². The maximum atomic E-state index is 13.1. The molecule has 3 atom stereocenters. The van der Waals surface area contributed by atoms with Crippen molar-refractivity contribution in [2.45, 2.75) is 43.8 Å². The van der Waals surface area contributed by atoms with Crippen LogP contribution in [-0.2, 0) is 4.79 Å². The molecule has 1 aromatic heterocycles. The van der Waals surface area contributed by atoms with Crippen LogP contribution in [0.5, 0.6) is 0 Å². The van der Waals surface area contributed by atoms with Crippen molar-refractivity contribution in [3.05, 3.63) is 51.8 Å². The molecular formula is C20H23N3O2S. The van der Waals surface area contributed by atoms with Crippen LogP contribution in [0.1, 0.15) is 43.7 Å². The number of benzene rings is 1. The van der Waals surface area contributed by atoms with Crippen molar-refractivity contribution >= 4 is 23.4 Å². The number of nitrogens with zero attached hydrogens (tertiary/aromatic N) is 1. The van der Waals surface area contributed by atoms with Gasteiger partial charge in [0.25, 0.3) is 5.56 Å². The smallest absolute Gasteiger partial charge is 0.257 e. The highest BCUT2D eigenvalue weighted by molar-refractivity contribution is 7.98. The lowest BCUT2D eigenvalue weighted by Gasteiger charge is -2.46. The largest absolute Gasteiger partial charge is 0.366 e. The Balaban J connectivity index is 1.92. The van der Waals surface area contributed by atoms with Gasteiger partial charge in [0.15, 0.2) is 5.16 Å². The Morgan fingerprint density at radius 2 is 1.92 bits per heavy atom. The summed E-state index contributed by atoms with van der Waals surface area (Å²) in [5.41, 5.74) is 1.38. The molecule has 1 aromatic carbocycles. The van der Waals surface area contributed by atoms with Gasteiger partial charge in [-0.05, 0) is 23.7 Å². The number of carbonyl (C=O) groups is 1. The van der Waals surface area contributed by atoms with Crippen LogP contribution in [0.2, 0.25) is 0 Å². The summed E-state index contributed by atoms with van der Waals surface area (Å²) in [6.45, 7) is 4.27. The first-order valence-electron chi connectivity index (χ1n) is 8.92. The molecule has 5 nitrogen and oxygen atoms in total. The summed E-state index contributed by atoms with van der Waals surface area (Å²) < 4.78 is 0. The number of Topliss-reactive ketones (excluding diaryl/α,β-unsaturated/α-hetero) is 1. The molecule has 0 amide bonds. The molecule has 4 rings (SSSR count). The van der Waals surface area contributed by atoms with Crippen molar-refractivity contribution in [3.63, 3.8) is 0 Å². The zero-order valence-electron chi connectivity index (χ0n) is 15.2. The van der Waals surface area contributed by atoms with Gasteiger partial charge in [0, 0.05) is 24.3 Å². The van der Waals surface area contributed by atoms with E-state index in [4.69, 9.17) is 0 Å². The molecule has 2 heterocycles. The lowest BCUT2D eigenvalue weighted by molar-refractivity contribution is -0.129. The molecule has 6 heteroatoms. The third-order valence-corrected chi connectivity index (χ3v) is 6.09. The van der Waals surface area contributed by atoms with Gasteiger partial charge in [-0.2, -0.15) is 0 Å². The highest BCUT2D eigenvalue weighted by atomic mass is 32.2. The fourth-order valence-corrected chi connectivity index (χ4v) is 4.89. The number of aromatic nitrogens is 2. The summed E-state index contributed by atoms with van der Waals surface area (Å²) in [6, 6.07) is 9.88. The van der Waals surface area contributed by atoms with Crippen molar-refractivity contribution in [2.75, 3.05) is 11.6 Å². The maximum Gasteiger partial charge on any atom is 0.257 e. The SMILES string of the molecule is CSc1nc2c(c(=O)[nH]1)C(c1ccccc1)C1C(=O)CC(C)(C)CC1N2. The molecular weight excluding hydrogens is 346 g/mol. The minimum absolute atomic E-state index is 0.00652. The van der Waals surface area contributed by atoms with Gasteiger partial charge in [-0.1, -0.05) is 55.9 Å². The van der Waals surface area contributed by atoms with Crippen LogP contribution in [-0.4, -0.2) is 28.0 Å². The summed E-state index contributed by atoms with van der Waals surface area (Å²) in [4.78, 5) is 33.4. The number of nitrogens with one attached hydrogen (secondary N) is 2. The van der Waals surface area contributed by atoms with Crippen molar-refractivity contribution in [1.82, 2.24) is 9.97 Å². The van der Waals surface area contributed by atoms with Crippen molar-refractivity contribution in [1.29, 1.82) is 0 Å². The number of hydrogen-bond donors (Lipinski definition) is 2. The van der Waals surface area contributed by atoms with Crippen LogP contribution in [0.3, 0.4) is 0 Å². The Bertz CT molecular complexity index is 907. The van der Waals surface area contributed by atoms with E-state index in [1.165, 1.54) is 11.8 Å². The van der Waals surface area contributed by atoms with E-state index in [-0.39, 0.29) is 34.6 Å². The number of thioether (sulfide) groups is 1. The molecule has 0 radical (unpaired) electrons. The van der Waals surface area contributed by atoms with E-state index in [1.807, 2.05) is 36.6 Å². The third kappa shape index (κ3) is 2.86. The molecule has 2 N–H and O–H groups in total. The minimum Gasteiger partial charge on any atom is -0.366 e. The van der Waals surface area contributed by atoms with E-state index < -0.39 is 0 Å². The Hall–Kier alpha value is -2.08. The Labute approximate surface area is 157 Å². The summed E-state index contributed by atoms with van der Waals surface area (Å²) in [5, 5.41) is 4.03. The van der Waals surface area contributed by atoms with E-state index in [0.29, 0.717) is 23.0 Å². The number of carbonyl (C=O) groups excluding carboxylic acids is 1. The van der Waals surface area contributed by atoms with Crippen LogP contribution in [0, 0.1) is 11.3 Å². The van der Waals surface area contributed by atoms with E-state index in [9.17, 15) is 9.59 Å². The fourth-order valence-electron chi connectivity index (χ4n) is 4.51. The fraction of sp³-hybridized carbons (Fsp3) is 0.450. The maximum absolute atomic E-state index is 13.1. The molecule has 3 unspecified atom stereocenters. The number of rotatable bonds is 2. The zero-order chi connectivity index (χ0) is 18.5. The lowest BCUT2D eigenvalue weighted by Crippen LogP contribution is -2.51. The van der Waals surface area contributed by atoms with Crippen LogP contribution in [0.25, 0.3) is 0 Å². The van der Waals surface area contributed by atoms with E-state index in [1.54, 1.807) is 0 Å². The molecule has 1 aliphatic heterocycles. The second-order valence-electron chi connectivity index (χ2n) is 8.01. The van der Waals surface area contributed by atoms with Gasteiger partial charge < -0.3 is 10.3 Å². The van der Waals surface area contributed by atoms with E-state index in [2.05, 4.69) is 29.1 Å². The van der Waals surface area contributed by atoms with Gasteiger partial charge in [0.05, 0.1) is 5.56 Å². The molecule has 1 saturated carbocycles. The van der Waals surface area contributed by atoms with Gasteiger partial charge >= 0.3 is 0 Å². The Morgan fingerprint density at radius 3 is 2.62 bits per heavy atom. The van der Waals surface area contributed by atoms with Crippen LogP contribution in [0.4, 0.5) is 5.82 Å². The summed E-state index contributed by atoms with van der Waals surface area (Å²) in [7, 11) is 0. The standard InChI is InChI=1S/C20H23N3O2S/c1-20(2)9-12-15(13(24)10-20)14(11-7-5-4-6-8-11)16-17(21-12)22-19(26-3)23-18(16)25/h4-8,12,14-15H,9-10H2,1-3H3,(H2,21,22,23,25). The summed E-state index contributed by atoms with van der Waals surface area (Å²) in [5.74, 6) is 0.361. The average molecular weight is 369 g/mol. The predicted octanol–water partition coefficient (Wildman–Crippen LogP) is 3.42. The van der Waals surface area contributed by atoms with Gasteiger partial charge in [0.2, 0.25) is 0 Å². The first-order valence-corrected chi connectivity index (χ1v) is 10.1. The second kappa shape index (κ2) is 6.27. The molecule has 0 saturated heterocycles. The molecule has 1 fully saturated rings. The van der Waals surface area contributed by atoms with Gasteiger partial charge in [0.1, 0.15) is 11.6 Å². The second-order valence-corrected chi connectivity index (χ2v) is 8.81. The van der Waals surface area contributed by atoms with Crippen LogP contribution >= 0.6 is 11.8 Å². The van der Waals surface area contributed by atoms with Crippen molar-refractivity contribution in [2.24, 2.45) is 11.3 Å². The lowest BCUT2D eigenvalue weighted by atomic mass is 9.62. The van der Waals surface area contributed by atoms with Crippen LogP contribution in [0.15, 0.2) is 40.3 Å². The van der Waals surface area contributed by atoms with Crippen molar-refractivity contribution < 1.29 is 4.79 Å². The van der Waals surface area contributed by atoms with E-state index in [0.717, 1.165) is 12.0 Å². The normalized spacial score (nSPS) is 26.6. The Morgan fingerprint density at radius 1 is 1.19 bits per heavy atom. The first-order chi connectivity index (χ1) is 12.4. The summed E-state index contributed by atoms with van der Waals surface area (Å²) in [6.07, 6.45) is 3.32. The topological polar surface area (TPSA) is 74.8 Å². The van der Waals surface area contributed by atoms with Gasteiger partial charge in [-0.3, -0.25) is 9.59 Å². The average Bonchev–Trinajstić information content (AvgIpc) is 2.59. The zero-order valence-corrected chi connectivity index (χ0v) is 16.0. The summed E-state index contributed by atoms with van der Waals surface area (Å²) >= 11 is 1.41. The molecule has 0 spiro atoms. The van der Waals surface area contributed by atoms with Gasteiger partial charge in [-0.15, -0.1) is 0 Å². The minimum atomic E-state index is -0.256. The number of fused-ring (bicyclic) bond motifs is 2. The molecule has 0 bridgehead atoms. The number of H-pyrrole nitrogens is 1. The monoisotopic (exact) mass is 369 g/mol. The highest BCUT2D eigenvalue weighted by Gasteiger charge is 2.49. The quantitative estimate of drug-likeness (QED) is 0.627. The highest BCUT2D eigenvalue weighted by Crippen LogP contribution is 2.48. The Kier molecular flexibility index (Phi) is 4.18. The number of hydrogen-bond acceptors (Lipinski definition) is 5.